The van der Waals surface area contributed by atoms with Crippen molar-refractivity contribution in [2.75, 3.05) is 0 Å². The van der Waals surface area contributed by atoms with Gasteiger partial charge in [0.25, 0.3) is 0 Å². The van der Waals surface area contributed by atoms with Gasteiger partial charge in [-0.3, -0.25) is 9.78 Å². The van der Waals surface area contributed by atoms with Gasteiger partial charge in [0, 0.05) is 41.0 Å². The third kappa shape index (κ3) is 3.66. The molecule has 0 unspecified atom stereocenters. The van der Waals surface area contributed by atoms with Crippen molar-refractivity contribution in [3.05, 3.63) is 81.9 Å². The molecule has 0 bridgehead atoms. The number of allylic oxidation sites excluding steroid dienone is 4. The van der Waals surface area contributed by atoms with Crippen LogP contribution in [0.1, 0.15) is 80.5 Å². The van der Waals surface area contributed by atoms with Crippen molar-refractivity contribution >= 4 is 17.1 Å². The number of fused-ring (bicyclic) bond motifs is 1. The number of hydrogen-bond acceptors (Lipinski definition) is 5. The number of oxime groups is 1. The van der Waals surface area contributed by atoms with Gasteiger partial charge < -0.3 is 10.3 Å². The molecule has 0 spiro atoms. The van der Waals surface area contributed by atoms with Gasteiger partial charge in [-0.1, -0.05) is 57.1 Å². The maximum Gasteiger partial charge on any atom is 0.166 e. The number of pyridine rings is 1. The van der Waals surface area contributed by atoms with E-state index in [1.54, 1.807) is 18.3 Å². The van der Waals surface area contributed by atoms with Crippen LogP contribution in [0.4, 0.5) is 0 Å². The van der Waals surface area contributed by atoms with Crippen LogP contribution in [0.15, 0.2) is 53.5 Å². The summed E-state index contributed by atoms with van der Waals surface area (Å²) >= 11 is 0. The maximum absolute atomic E-state index is 12.3. The summed E-state index contributed by atoms with van der Waals surface area (Å²) < 4.78 is 0. The average Bonchev–Trinajstić information content (AvgIpc) is 2.74. The fourth-order valence-corrected chi connectivity index (χ4v) is 4.71. The lowest BCUT2D eigenvalue weighted by molar-refractivity contribution is -0.114. The first-order valence-electron chi connectivity index (χ1n) is 11.1. The highest BCUT2D eigenvalue weighted by atomic mass is 16.4. The van der Waals surface area contributed by atoms with Gasteiger partial charge in [-0.15, -0.1) is 0 Å². The molecule has 1 aromatic carbocycles. The number of benzene rings is 1. The van der Waals surface area contributed by atoms with E-state index in [9.17, 15) is 15.1 Å². The van der Waals surface area contributed by atoms with Crippen LogP contribution in [-0.2, 0) is 15.6 Å². The van der Waals surface area contributed by atoms with Crippen LogP contribution >= 0.6 is 0 Å². The number of rotatable bonds is 3. The smallest absolute Gasteiger partial charge is 0.166 e. The quantitative estimate of drug-likeness (QED) is 0.280. The van der Waals surface area contributed by atoms with E-state index in [1.165, 1.54) is 11.1 Å². The molecule has 1 aromatic heterocycles. The van der Waals surface area contributed by atoms with Crippen molar-refractivity contribution in [3.63, 3.8) is 0 Å². The molecule has 0 atom stereocenters. The minimum atomic E-state index is -0.142. The first kappa shape index (κ1) is 22.0. The van der Waals surface area contributed by atoms with Gasteiger partial charge in [-0.25, -0.2) is 0 Å². The standard InChI is InChI=1S/C27H30N2O3/c1-16-13-19-20(27(4,5)12-11-26(19,2)3)14-18(16)25(29-32)21-10-9-17(15-28-21)24-22(30)7-6-8-23(24)31/h9-15,30,32H,6-8H2,1-5H3/b29-25+. The molecule has 166 valence electrons. The second kappa shape index (κ2) is 7.73. The van der Waals surface area contributed by atoms with Crippen LogP contribution in [0, 0.1) is 6.92 Å². The third-order valence-corrected chi connectivity index (χ3v) is 6.70. The van der Waals surface area contributed by atoms with Gasteiger partial charge in [-0.2, -0.15) is 0 Å². The zero-order valence-corrected chi connectivity index (χ0v) is 19.4. The molecule has 0 radical (unpaired) electrons. The molecule has 2 aromatic rings. The number of aryl methyl sites for hydroxylation is 1. The summed E-state index contributed by atoms with van der Waals surface area (Å²) in [6.07, 6.45) is 7.66. The first-order valence-corrected chi connectivity index (χ1v) is 11.1. The minimum Gasteiger partial charge on any atom is -0.512 e. The average molecular weight is 431 g/mol. The molecule has 2 aliphatic rings. The second-order valence-corrected chi connectivity index (χ2v) is 9.97. The molecule has 5 nitrogen and oxygen atoms in total. The van der Waals surface area contributed by atoms with E-state index in [-0.39, 0.29) is 22.4 Å². The highest BCUT2D eigenvalue weighted by molar-refractivity contribution is 6.22. The molecule has 5 heteroatoms. The van der Waals surface area contributed by atoms with Crippen LogP contribution in [0.5, 0.6) is 0 Å². The summed E-state index contributed by atoms with van der Waals surface area (Å²) in [6.45, 7) is 10.8. The Bertz CT molecular complexity index is 1180. The van der Waals surface area contributed by atoms with Crippen LogP contribution in [0.2, 0.25) is 0 Å². The second-order valence-electron chi connectivity index (χ2n) is 9.97. The monoisotopic (exact) mass is 430 g/mol. The molecule has 32 heavy (non-hydrogen) atoms. The molecular formula is C27H30N2O3. The molecule has 0 fully saturated rings. The first-order chi connectivity index (χ1) is 15.0. The van der Waals surface area contributed by atoms with Crippen molar-refractivity contribution in [3.8, 4) is 0 Å². The number of Topliss-reactive ketones (excluding diaryl/α,β-unsaturated/α-hetero) is 1. The van der Waals surface area contributed by atoms with Crippen molar-refractivity contribution in [2.24, 2.45) is 5.16 Å². The van der Waals surface area contributed by atoms with Crippen molar-refractivity contribution < 1.29 is 15.1 Å². The van der Waals surface area contributed by atoms with E-state index in [1.807, 2.05) is 6.92 Å². The number of aliphatic hydroxyl groups is 1. The van der Waals surface area contributed by atoms with Gasteiger partial charge in [0.05, 0.1) is 11.3 Å². The number of aromatic nitrogens is 1. The lowest BCUT2D eigenvalue weighted by atomic mass is 9.67. The lowest BCUT2D eigenvalue weighted by Gasteiger charge is -2.37. The molecular weight excluding hydrogens is 400 g/mol. The Balaban J connectivity index is 1.77. The van der Waals surface area contributed by atoms with E-state index in [4.69, 9.17) is 0 Å². The third-order valence-electron chi connectivity index (χ3n) is 6.70. The topological polar surface area (TPSA) is 82.8 Å². The van der Waals surface area contributed by atoms with Gasteiger partial charge in [0.2, 0.25) is 0 Å². The van der Waals surface area contributed by atoms with Gasteiger partial charge in [0.15, 0.2) is 5.78 Å². The van der Waals surface area contributed by atoms with E-state index in [0.717, 1.165) is 11.1 Å². The van der Waals surface area contributed by atoms with Crippen LogP contribution in [0.3, 0.4) is 0 Å². The Morgan fingerprint density at radius 2 is 1.69 bits per heavy atom. The predicted molar refractivity (Wildman–Crippen MR) is 126 cm³/mol. The molecule has 0 saturated carbocycles. The molecule has 0 aliphatic heterocycles. The number of carbonyl (C=O) groups excluding carboxylic acids is 1. The Morgan fingerprint density at radius 3 is 2.25 bits per heavy atom. The zero-order chi connectivity index (χ0) is 23.3. The molecule has 0 amide bonds. The van der Waals surface area contributed by atoms with Crippen LogP contribution < -0.4 is 0 Å². The molecule has 2 N–H and O–H groups in total. The SMILES string of the molecule is Cc1cc2c(cc1/C(=N\O)c1ccc(C3=C(O)CCCC3=O)cn1)C(C)(C)C=CC2(C)C. The predicted octanol–water partition coefficient (Wildman–Crippen LogP) is 5.76. The summed E-state index contributed by atoms with van der Waals surface area (Å²) in [5.41, 5.74) is 5.90. The molecule has 0 saturated heterocycles. The fraction of sp³-hybridized carbons (Fsp3) is 0.370. The number of nitrogens with zero attached hydrogens (tertiary/aromatic N) is 2. The van der Waals surface area contributed by atoms with Crippen molar-refractivity contribution in [2.45, 2.75) is 64.7 Å². The van der Waals surface area contributed by atoms with Crippen LogP contribution in [0.25, 0.3) is 5.57 Å². The maximum atomic E-state index is 12.3. The van der Waals surface area contributed by atoms with Gasteiger partial charge in [-0.05, 0) is 42.2 Å². The number of carbonyl (C=O) groups is 1. The highest BCUT2D eigenvalue weighted by Gasteiger charge is 2.34. The number of ketones is 1. The van der Waals surface area contributed by atoms with Gasteiger partial charge in [0.1, 0.15) is 11.5 Å². The summed E-state index contributed by atoms with van der Waals surface area (Å²) in [5, 5.41) is 23.7. The summed E-state index contributed by atoms with van der Waals surface area (Å²) in [5.74, 6) is 0.0538. The number of aliphatic hydroxyl groups excluding tert-OH is 1. The number of hydrogen-bond donors (Lipinski definition) is 2. The van der Waals surface area contributed by atoms with Crippen molar-refractivity contribution in [1.82, 2.24) is 4.98 Å². The fourth-order valence-electron chi connectivity index (χ4n) is 4.71. The zero-order valence-electron chi connectivity index (χ0n) is 19.4. The Labute approximate surface area is 189 Å². The van der Waals surface area contributed by atoms with Crippen molar-refractivity contribution in [1.29, 1.82) is 0 Å². The van der Waals surface area contributed by atoms with Crippen LogP contribution in [-0.4, -0.2) is 26.8 Å². The summed E-state index contributed by atoms with van der Waals surface area (Å²) in [6, 6.07) is 7.78. The minimum absolute atomic E-state index is 0.0669. The normalized spacial score (nSPS) is 19.8. The molecule has 1 heterocycles. The van der Waals surface area contributed by atoms with E-state index >= 15 is 0 Å². The Morgan fingerprint density at radius 1 is 1.03 bits per heavy atom. The Kier molecular flexibility index (Phi) is 5.32. The lowest BCUT2D eigenvalue weighted by Crippen LogP contribution is -2.30. The largest absolute Gasteiger partial charge is 0.512 e. The summed E-state index contributed by atoms with van der Waals surface area (Å²) in [4.78, 5) is 16.8. The highest BCUT2D eigenvalue weighted by Crippen LogP contribution is 2.42. The van der Waals surface area contributed by atoms with E-state index in [0.29, 0.717) is 41.8 Å². The molecule has 2 aliphatic carbocycles. The summed E-state index contributed by atoms with van der Waals surface area (Å²) in [7, 11) is 0. The molecule has 4 rings (SSSR count). The van der Waals surface area contributed by atoms with Gasteiger partial charge >= 0.3 is 0 Å². The van der Waals surface area contributed by atoms with E-state index < -0.39 is 0 Å². The Hall–Kier alpha value is -3.21. The van der Waals surface area contributed by atoms with E-state index in [2.05, 4.69) is 62.1 Å².